The molecule has 0 aliphatic carbocycles. The van der Waals surface area contributed by atoms with Gasteiger partial charge in [-0.1, -0.05) is 15.9 Å². The van der Waals surface area contributed by atoms with E-state index < -0.39 is 12.9 Å². The normalized spacial score (nSPS) is 10.9. The summed E-state index contributed by atoms with van der Waals surface area (Å²) < 4.78 is 14.5. The average Bonchev–Trinajstić information content (AvgIpc) is 2.47. The molecule has 0 fully saturated rings. The minimum atomic E-state index is -1.67. The Balaban J connectivity index is 2.87. The minimum Gasteiger partial charge on any atom is -0.423 e. The summed E-state index contributed by atoms with van der Waals surface area (Å²) in [6.07, 6.45) is 0. The average molecular weight is 275 g/mol. The molecule has 1 aromatic carbocycles. The van der Waals surface area contributed by atoms with Gasteiger partial charge in [-0.05, 0) is 12.1 Å². The summed E-state index contributed by atoms with van der Waals surface area (Å²) in [5.41, 5.74) is 0.182. The summed E-state index contributed by atoms with van der Waals surface area (Å²) in [7, 11) is -1.67. The lowest BCUT2D eigenvalue weighted by atomic mass is 9.78. The first-order chi connectivity index (χ1) is 6.61. The van der Waals surface area contributed by atoms with Crippen LogP contribution >= 0.6 is 27.3 Å². The van der Waals surface area contributed by atoms with E-state index in [1.165, 1.54) is 16.7 Å². The van der Waals surface area contributed by atoms with Crippen LogP contribution in [0, 0.1) is 5.82 Å². The van der Waals surface area contributed by atoms with E-state index in [4.69, 9.17) is 10.0 Å². The number of halogens is 2. The van der Waals surface area contributed by atoms with E-state index >= 15 is 0 Å². The smallest absolute Gasteiger partial charge is 0.423 e. The Kier molecular flexibility index (Phi) is 2.61. The first-order valence-electron chi connectivity index (χ1n) is 3.82. The molecule has 0 saturated heterocycles. The van der Waals surface area contributed by atoms with Crippen molar-refractivity contribution in [2.45, 2.75) is 0 Å². The van der Waals surface area contributed by atoms with Crippen molar-refractivity contribution in [1.82, 2.24) is 0 Å². The molecule has 14 heavy (non-hydrogen) atoms. The van der Waals surface area contributed by atoms with Crippen LogP contribution in [0.3, 0.4) is 0 Å². The molecule has 0 amide bonds. The molecule has 0 saturated carbocycles. The van der Waals surface area contributed by atoms with Gasteiger partial charge in [0.15, 0.2) is 0 Å². The maximum atomic E-state index is 13.3. The molecule has 0 radical (unpaired) electrons. The third-order valence-electron chi connectivity index (χ3n) is 1.94. The van der Waals surface area contributed by atoms with Crippen molar-refractivity contribution in [2.75, 3.05) is 0 Å². The second-order valence-electron chi connectivity index (χ2n) is 2.79. The van der Waals surface area contributed by atoms with Crippen LogP contribution in [0.15, 0.2) is 22.0 Å². The summed E-state index contributed by atoms with van der Waals surface area (Å²) in [5.74, 6) is -0.422. The molecule has 0 bridgehead atoms. The molecule has 2 rings (SSSR count). The van der Waals surface area contributed by atoms with Gasteiger partial charge in [-0.25, -0.2) is 4.39 Å². The molecule has 6 heteroatoms. The molecule has 2 N–H and O–H groups in total. The molecule has 1 heterocycles. The zero-order chi connectivity index (χ0) is 10.3. The lowest BCUT2D eigenvalue weighted by molar-refractivity contribution is 0.426. The van der Waals surface area contributed by atoms with Crippen molar-refractivity contribution in [1.29, 1.82) is 0 Å². The lowest BCUT2D eigenvalue weighted by Crippen LogP contribution is -2.31. The van der Waals surface area contributed by atoms with Gasteiger partial charge in [0.2, 0.25) is 0 Å². The molecular formula is C8H5BBrFO2S. The van der Waals surface area contributed by atoms with Gasteiger partial charge in [-0.3, -0.25) is 0 Å². The first kappa shape index (κ1) is 10.1. The molecule has 0 unspecified atom stereocenters. The van der Waals surface area contributed by atoms with Crippen molar-refractivity contribution in [2.24, 2.45) is 0 Å². The lowest BCUT2D eigenvalue weighted by Gasteiger charge is -2.04. The van der Waals surface area contributed by atoms with Crippen LogP contribution < -0.4 is 5.46 Å². The number of thiophene rings is 1. The summed E-state index contributed by atoms with van der Waals surface area (Å²) in [4.78, 5) is 0. The summed E-state index contributed by atoms with van der Waals surface area (Å²) in [6.45, 7) is 0. The predicted molar refractivity (Wildman–Crippen MR) is 59.3 cm³/mol. The Bertz CT molecular complexity index is 485. The highest BCUT2D eigenvalue weighted by Crippen LogP contribution is 2.26. The van der Waals surface area contributed by atoms with Gasteiger partial charge < -0.3 is 10.0 Å². The van der Waals surface area contributed by atoms with Gasteiger partial charge in [0.05, 0.1) is 0 Å². The van der Waals surface area contributed by atoms with E-state index in [0.29, 0.717) is 9.17 Å². The van der Waals surface area contributed by atoms with Crippen molar-refractivity contribution in [3.63, 3.8) is 0 Å². The topological polar surface area (TPSA) is 40.5 Å². The maximum Gasteiger partial charge on any atom is 0.490 e. The molecule has 0 atom stereocenters. The number of hydrogen-bond donors (Lipinski definition) is 2. The fourth-order valence-electron chi connectivity index (χ4n) is 1.35. The minimum absolute atomic E-state index is 0.182. The van der Waals surface area contributed by atoms with Crippen molar-refractivity contribution >= 4 is 49.9 Å². The highest BCUT2D eigenvalue weighted by molar-refractivity contribution is 9.10. The van der Waals surface area contributed by atoms with Crippen LogP contribution in [0.25, 0.3) is 10.1 Å². The van der Waals surface area contributed by atoms with Crippen LogP contribution in [0.2, 0.25) is 0 Å². The predicted octanol–water partition coefficient (Wildman–Crippen LogP) is 1.48. The van der Waals surface area contributed by atoms with Crippen LogP contribution in [0.5, 0.6) is 0 Å². The van der Waals surface area contributed by atoms with Gasteiger partial charge >= 0.3 is 7.12 Å². The molecule has 2 aromatic rings. The molecule has 72 valence electrons. The Labute approximate surface area is 92.3 Å². The summed E-state index contributed by atoms with van der Waals surface area (Å²) in [6, 6.07) is 3.41. The van der Waals surface area contributed by atoms with E-state index in [2.05, 4.69) is 15.9 Å². The number of rotatable bonds is 1. The second kappa shape index (κ2) is 3.62. The Morgan fingerprint density at radius 3 is 2.71 bits per heavy atom. The first-order valence-corrected chi connectivity index (χ1v) is 5.49. The van der Waals surface area contributed by atoms with E-state index in [1.807, 2.05) is 0 Å². The Morgan fingerprint density at radius 2 is 2.07 bits per heavy atom. The van der Waals surface area contributed by atoms with Crippen molar-refractivity contribution < 1.29 is 14.4 Å². The van der Waals surface area contributed by atoms with E-state index in [1.54, 1.807) is 12.1 Å². The van der Waals surface area contributed by atoms with Gasteiger partial charge in [-0.2, -0.15) is 0 Å². The third-order valence-corrected chi connectivity index (χ3v) is 3.55. The SMILES string of the molecule is OB(O)c1c(Br)ccc2scc(F)c12. The molecule has 0 aliphatic heterocycles. The van der Waals surface area contributed by atoms with Crippen LogP contribution in [-0.4, -0.2) is 17.2 Å². The van der Waals surface area contributed by atoms with E-state index in [-0.39, 0.29) is 10.8 Å². The van der Waals surface area contributed by atoms with Crippen LogP contribution in [-0.2, 0) is 0 Å². The maximum absolute atomic E-state index is 13.3. The Hall–Kier alpha value is -0.425. The monoisotopic (exact) mass is 274 g/mol. The highest BCUT2D eigenvalue weighted by atomic mass is 79.9. The quantitative estimate of drug-likeness (QED) is 0.774. The van der Waals surface area contributed by atoms with Crippen LogP contribution in [0.4, 0.5) is 4.39 Å². The van der Waals surface area contributed by atoms with E-state index in [9.17, 15) is 4.39 Å². The van der Waals surface area contributed by atoms with Crippen LogP contribution in [0.1, 0.15) is 0 Å². The van der Waals surface area contributed by atoms with Gasteiger partial charge in [0.1, 0.15) is 5.82 Å². The Morgan fingerprint density at radius 1 is 1.36 bits per heavy atom. The van der Waals surface area contributed by atoms with Gasteiger partial charge in [0.25, 0.3) is 0 Å². The van der Waals surface area contributed by atoms with Gasteiger partial charge in [-0.15, -0.1) is 11.3 Å². The third kappa shape index (κ3) is 1.48. The zero-order valence-electron chi connectivity index (χ0n) is 6.87. The van der Waals surface area contributed by atoms with Crippen molar-refractivity contribution in [3.8, 4) is 0 Å². The standard InChI is InChI=1S/C8H5BBrFO2S/c10-4-1-2-6-7(5(11)3-14-6)8(4)9(12)13/h1-3,12-13H. The fraction of sp³-hybridized carbons (Fsp3) is 0. The highest BCUT2D eigenvalue weighted by Gasteiger charge is 2.21. The zero-order valence-corrected chi connectivity index (χ0v) is 9.27. The fourth-order valence-corrected chi connectivity index (χ4v) is 2.70. The molecule has 0 spiro atoms. The summed E-state index contributed by atoms with van der Waals surface area (Å²) >= 11 is 4.39. The summed E-state index contributed by atoms with van der Waals surface area (Å²) in [5, 5.41) is 19.8. The van der Waals surface area contributed by atoms with Gasteiger partial charge in [0, 0.05) is 25.4 Å². The molecule has 2 nitrogen and oxygen atoms in total. The molecular weight excluding hydrogens is 270 g/mol. The largest absolute Gasteiger partial charge is 0.490 e. The van der Waals surface area contributed by atoms with E-state index in [0.717, 1.165) is 0 Å². The number of hydrogen-bond acceptors (Lipinski definition) is 3. The second-order valence-corrected chi connectivity index (χ2v) is 4.56. The molecule has 1 aromatic heterocycles. The number of benzene rings is 1. The number of fused-ring (bicyclic) bond motifs is 1. The molecule has 0 aliphatic rings. The van der Waals surface area contributed by atoms with Crippen molar-refractivity contribution in [3.05, 3.63) is 27.8 Å².